The van der Waals surface area contributed by atoms with Crippen LogP contribution < -0.4 is 16.0 Å². The smallest absolute Gasteiger partial charge is 0.407 e. The van der Waals surface area contributed by atoms with E-state index in [1.165, 1.54) is 0 Å². The van der Waals surface area contributed by atoms with Gasteiger partial charge in [-0.1, -0.05) is 0 Å². The number of alkyl carbamates (subject to hydrolysis) is 1. The van der Waals surface area contributed by atoms with Crippen LogP contribution in [0, 0.1) is 0 Å². The zero-order valence-electron chi connectivity index (χ0n) is 13.7. The summed E-state index contributed by atoms with van der Waals surface area (Å²) in [4.78, 5) is 19.5. The summed E-state index contributed by atoms with van der Waals surface area (Å²) in [6.07, 6.45) is 5.00. The maximum absolute atomic E-state index is 11.5. The largest absolute Gasteiger partial charge is 0.444 e. The van der Waals surface area contributed by atoms with Crippen LogP contribution in [0.4, 0.5) is 4.79 Å². The van der Waals surface area contributed by atoms with E-state index >= 15 is 0 Å². The van der Waals surface area contributed by atoms with Crippen LogP contribution in [-0.2, 0) is 11.3 Å². The Balaban J connectivity index is 2.12. The summed E-state index contributed by atoms with van der Waals surface area (Å²) in [5.74, 6) is 0.686. The number of carbonyl (C=O) groups excluding carboxylic acids is 1. The molecule has 1 heterocycles. The minimum atomic E-state index is -0.484. The first-order chi connectivity index (χ1) is 10.4. The van der Waals surface area contributed by atoms with E-state index in [1.807, 2.05) is 31.5 Å². The van der Waals surface area contributed by atoms with E-state index in [4.69, 9.17) is 4.74 Å². The molecule has 124 valence electrons. The molecule has 1 aromatic heterocycles. The van der Waals surface area contributed by atoms with Gasteiger partial charge in [-0.3, -0.25) is 4.99 Å². The second kappa shape index (κ2) is 8.91. The highest BCUT2D eigenvalue weighted by atomic mass is 16.6. The first kappa shape index (κ1) is 17.8. The fourth-order valence-corrected chi connectivity index (χ4v) is 1.60. The van der Waals surface area contributed by atoms with Crippen LogP contribution in [0.15, 0.2) is 23.7 Å². The molecule has 1 rings (SSSR count). The second-order valence-electron chi connectivity index (χ2n) is 5.65. The quantitative estimate of drug-likeness (QED) is 0.406. The number of ether oxygens (including phenoxy) is 1. The Morgan fingerprint density at radius 1 is 1.23 bits per heavy atom. The van der Waals surface area contributed by atoms with Gasteiger partial charge in [0.05, 0.1) is 6.33 Å². The summed E-state index contributed by atoms with van der Waals surface area (Å²) in [7, 11) is 1.70. The van der Waals surface area contributed by atoms with Crippen molar-refractivity contribution < 1.29 is 9.53 Å². The van der Waals surface area contributed by atoms with Crippen molar-refractivity contribution in [3.63, 3.8) is 0 Å². The molecule has 0 spiro atoms. The number of hydrogen-bond donors (Lipinski definition) is 3. The van der Waals surface area contributed by atoms with Crippen LogP contribution >= 0.6 is 0 Å². The summed E-state index contributed by atoms with van der Waals surface area (Å²) in [6.45, 7) is 8.04. The molecular formula is C14H26N6O2. The zero-order valence-corrected chi connectivity index (χ0v) is 13.7. The van der Waals surface area contributed by atoms with Crippen LogP contribution in [0.1, 0.15) is 20.8 Å². The van der Waals surface area contributed by atoms with Crippen LogP contribution in [0.3, 0.4) is 0 Å². The number of rotatable bonds is 6. The molecular weight excluding hydrogens is 284 g/mol. The maximum atomic E-state index is 11.5. The molecule has 0 saturated heterocycles. The molecule has 0 aliphatic carbocycles. The summed E-state index contributed by atoms with van der Waals surface area (Å²) in [5, 5.41) is 8.97. The first-order valence-electron chi connectivity index (χ1n) is 7.28. The lowest BCUT2D eigenvalue weighted by molar-refractivity contribution is 0.0529. The predicted octanol–water partition coefficient (Wildman–Crippen LogP) is 0.573. The third-order valence-electron chi connectivity index (χ3n) is 2.53. The Labute approximate surface area is 131 Å². The van der Waals surface area contributed by atoms with Crippen LogP contribution in [-0.4, -0.2) is 53.9 Å². The minimum absolute atomic E-state index is 0.419. The van der Waals surface area contributed by atoms with Gasteiger partial charge >= 0.3 is 6.09 Å². The van der Waals surface area contributed by atoms with Gasteiger partial charge < -0.3 is 25.3 Å². The summed E-state index contributed by atoms with van der Waals surface area (Å²) in [6, 6.07) is 0. The van der Waals surface area contributed by atoms with Gasteiger partial charge in [-0.15, -0.1) is 0 Å². The molecule has 1 aromatic rings. The average Bonchev–Trinajstić information content (AvgIpc) is 2.92. The standard InChI is InChI=1S/C14H26N6O2/c1-14(2,3)22-13(21)19-6-5-17-12(15-4)18-8-10-20-9-7-16-11-20/h7,9,11H,5-6,8,10H2,1-4H3,(H,19,21)(H2,15,17,18). The van der Waals surface area contributed by atoms with Crippen LogP contribution in [0.5, 0.6) is 0 Å². The molecule has 0 aliphatic rings. The van der Waals surface area contributed by atoms with Crippen LogP contribution in [0.25, 0.3) is 0 Å². The summed E-state index contributed by atoms with van der Waals surface area (Å²) >= 11 is 0. The van der Waals surface area contributed by atoms with Crippen molar-refractivity contribution in [1.82, 2.24) is 25.5 Å². The topological polar surface area (TPSA) is 92.6 Å². The third kappa shape index (κ3) is 8.13. The van der Waals surface area contributed by atoms with E-state index in [0.29, 0.717) is 19.0 Å². The van der Waals surface area contributed by atoms with Crippen molar-refractivity contribution in [2.24, 2.45) is 4.99 Å². The number of guanidine groups is 1. The van der Waals surface area contributed by atoms with Crippen molar-refractivity contribution in [2.75, 3.05) is 26.7 Å². The molecule has 0 unspecified atom stereocenters. The molecule has 8 heteroatoms. The number of hydrogen-bond acceptors (Lipinski definition) is 4. The molecule has 8 nitrogen and oxygen atoms in total. The lowest BCUT2D eigenvalue weighted by atomic mass is 10.2. The van der Waals surface area contributed by atoms with Gasteiger partial charge in [0.15, 0.2) is 5.96 Å². The molecule has 0 aliphatic heterocycles. The average molecular weight is 310 g/mol. The number of nitrogens with one attached hydrogen (secondary N) is 3. The lowest BCUT2D eigenvalue weighted by Crippen LogP contribution is -2.43. The molecule has 1 amide bonds. The van der Waals surface area contributed by atoms with Gasteiger partial charge in [-0.25, -0.2) is 9.78 Å². The number of amides is 1. The van der Waals surface area contributed by atoms with Gasteiger partial charge in [-0.05, 0) is 20.8 Å². The molecule has 0 atom stereocenters. The Kier molecular flexibility index (Phi) is 7.21. The highest BCUT2D eigenvalue weighted by Crippen LogP contribution is 2.05. The van der Waals surface area contributed by atoms with Gasteiger partial charge in [0, 0.05) is 45.6 Å². The monoisotopic (exact) mass is 310 g/mol. The Hall–Kier alpha value is -2.25. The molecule has 22 heavy (non-hydrogen) atoms. The number of carbonyl (C=O) groups is 1. The van der Waals surface area contributed by atoms with E-state index in [9.17, 15) is 4.79 Å². The van der Waals surface area contributed by atoms with E-state index < -0.39 is 11.7 Å². The SMILES string of the molecule is CN=C(NCCNC(=O)OC(C)(C)C)NCCn1ccnc1. The molecule has 0 saturated carbocycles. The normalized spacial score (nSPS) is 11.9. The summed E-state index contributed by atoms with van der Waals surface area (Å²) in [5.41, 5.74) is -0.484. The molecule has 0 radical (unpaired) electrons. The molecule has 0 aromatic carbocycles. The highest BCUT2D eigenvalue weighted by molar-refractivity contribution is 5.79. The fourth-order valence-electron chi connectivity index (χ4n) is 1.60. The fraction of sp³-hybridized carbons (Fsp3) is 0.643. The molecule has 0 bridgehead atoms. The Bertz CT molecular complexity index is 464. The van der Waals surface area contributed by atoms with Gasteiger partial charge in [0.1, 0.15) is 5.60 Å². The first-order valence-corrected chi connectivity index (χ1v) is 7.28. The van der Waals surface area contributed by atoms with Gasteiger partial charge in [0.25, 0.3) is 0 Å². The van der Waals surface area contributed by atoms with Crippen molar-refractivity contribution in [1.29, 1.82) is 0 Å². The van der Waals surface area contributed by atoms with Crippen LogP contribution in [0.2, 0.25) is 0 Å². The van der Waals surface area contributed by atoms with Crippen molar-refractivity contribution in [3.8, 4) is 0 Å². The Morgan fingerprint density at radius 3 is 2.50 bits per heavy atom. The Morgan fingerprint density at radius 2 is 1.91 bits per heavy atom. The van der Waals surface area contributed by atoms with E-state index in [-0.39, 0.29) is 0 Å². The lowest BCUT2D eigenvalue weighted by Gasteiger charge is -2.19. The zero-order chi connectivity index (χ0) is 16.4. The van der Waals surface area contributed by atoms with Crippen molar-refractivity contribution >= 4 is 12.1 Å². The number of aromatic nitrogens is 2. The molecule has 3 N–H and O–H groups in total. The highest BCUT2D eigenvalue weighted by Gasteiger charge is 2.15. The number of aliphatic imine (C=N–C) groups is 1. The number of imidazole rings is 1. The van der Waals surface area contributed by atoms with Crippen molar-refractivity contribution in [2.45, 2.75) is 32.9 Å². The molecule has 0 fully saturated rings. The van der Waals surface area contributed by atoms with Gasteiger partial charge in [0.2, 0.25) is 0 Å². The van der Waals surface area contributed by atoms with E-state index in [2.05, 4.69) is 25.9 Å². The summed E-state index contributed by atoms with van der Waals surface area (Å²) < 4.78 is 7.12. The second-order valence-corrected chi connectivity index (χ2v) is 5.65. The van der Waals surface area contributed by atoms with Gasteiger partial charge in [-0.2, -0.15) is 0 Å². The number of nitrogens with zero attached hydrogens (tertiary/aromatic N) is 3. The predicted molar refractivity (Wildman–Crippen MR) is 85.8 cm³/mol. The van der Waals surface area contributed by atoms with E-state index in [0.717, 1.165) is 13.1 Å². The van der Waals surface area contributed by atoms with E-state index in [1.54, 1.807) is 19.6 Å². The van der Waals surface area contributed by atoms with Crippen molar-refractivity contribution in [3.05, 3.63) is 18.7 Å². The third-order valence-corrected chi connectivity index (χ3v) is 2.53. The minimum Gasteiger partial charge on any atom is -0.444 e. The maximum Gasteiger partial charge on any atom is 0.407 e.